The average Bonchev–Trinajstić information content (AvgIpc) is 3.57. The van der Waals surface area contributed by atoms with Gasteiger partial charge >= 0.3 is 5.97 Å². The second kappa shape index (κ2) is 11.0. The number of fused-ring (bicyclic) bond motifs is 2. The Bertz CT molecular complexity index is 1780. The summed E-state index contributed by atoms with van der Waals surface area (Å²) < 4.78 is 63.8. The number of carbonyl (C=O) groups is 1. The number of rotatable bonds is 7. The molecule has 44 heavy (non-hydrogen) atoms. The molecule has 0 radical (unpaired) electrons. The van der Waals surface area contributed by atoms with E-state index in [0.29, 0.717) is 41.3 Å². The lowest BCUT2D eigenvalue weighted by Gasteiger charge is -2.44. The smallest absolute Gasteiger partial charge is 0.317 e. The van der Waals surface area contributed by atoms with E-state index in [0.717, 1.165) is 19.3 Å². The van der Waals surface area contributed by atoms with Crippen molar-refractivity contribution in [3.05, 3.63) is 75.6 Å². The molecule has 2 aliphatic heterocycles. The van der Waals surface area contributed by atoms with Gasteiger partial charge in [-0.25, -0.2) is 22.2 Å². The minimum absolute atomic E-state index is 0.0283. The van der Waals surface area contributed by atoms with Crippen LogP contribution >= 0.6 is 0 Å². The maximum absolute atomic E-state index is 14.0. The van der Waals surface area contributed by atoms with Crippen LogP contribution in [-0.2, 0) is 26.0 Å². The Hall–Kier alpha value is -3.84. The molecule has 2 aliphatic carbocycles. The normalized spacial score (nSPS) is 23.9. The standard InChI is InChI=1S/C31H33F2N5O5S/c32-22-4-6-24(7-5-22)38-27-14-21-10-13-37(44(41,42)25-8-9-28(34-16-25)36-12-11-23(33)17-36)19-31(21,15-26(27)29(39)35-38)30(40)43-18-20-2-1-3-20/h4-9,14,16,20,23H,1-3,10-13,15,17-19H2,(H,35,39)/t23-,31?/m1/s1. The lowest BCUT2D eigenvalue weighted by Crippen LogP contribution is -2.54. The van der Waals surface area contributed by atoms with Crippen molar-refractivity contribution < 1.29 is 26.7 Å². The van der Waals surface area contributed by atoms with Crippen molar-refractivity contribution in [2.24, 2.45) is 11.3 Å². The van der Waals surface area contributed by atoms with Crippen LogP contribution in [-0.4, -0.2) is 72.4 Å². The number of hydrogen-bond donors (Lipinski definition) is 1. The summed E-state index contributed by atoms with van der Waals surface area (Å²) in [6.45, 7) is 0.904. The molecule has 2 atom stereocenters. The zero-order valence-electron chi connectivity index (χ0n) is 24.0. The van der Waals surface area contributed by atoms with Crippen molar-refractivity contribution in [2.45, 2.75) is 49.6 Å². The maximum atomic E-state index is 14.0. The molecule has 1 unspecified atom stereocenters. The molecule has 4 heterocycles. The first-order chi connectivity index (χ1) is 21.1. The van der Waals surface area contributed by atoms with Gasteiger partial charge in [-0.2, -0.15) is 4.31 Å². The fourth-order valence-corrected chi connectivity index (χ4v) is 8.11. The summed E-state index contributed by atoms with van der Waals surface area (Å²) in [6.07, 6.45) is 5.75. The highest BCUT2D eigenvalue weighted by molar-refractivity contribution is 7.89. The van der Waals surface area contributed by atoms with E-state index >= 15 is 0 Å². The number of sulfonamides is 1. The number of benzene rings is 1. The van der Waals surface area contributed by atoms with E-state index in [4.69, 9.17) is 4.74 Å². The highest BCUT2D eigenvalue weighted by Crippen LogP contribution is 2.46. The quantitative estimate of drug-likeness (QED) is 0.399. The van der Waals surface area contributed by atoms with Gasteiger partial charge in [-0.05, 0) is 79.6 Å². The Labute approximate surface area is 253 Å². The van der Waals surface area contributed by atoms with Gasteiger partial charge in [-0.3, -0.25) is 19.4 Å². The van der Waals surface area contributed by atoms with Crippen LogP contribution in [0.5, 0.6) is 0 Å². The minimum atomic E-state index is -4.07. The molecule has 2 aromatic heterocycles. The summed E-state index contributed by atoms with van der Waals surface area (Å²) in [6, 6.07) is 8.73. The Kier molecular flexibility index (Phi) is 7.19. The van der Waals surface area contributed by atoms with Crippen LogP contribution in [0.4, 0.5) is 14.6 Å². The number of nitrogens with one attached hydrogen (secondary N) is 1. The summed E-state index contributed by atoms with van der Waals surface area (Å²) >= 11 is 0. The number of piperidine rings is 1. The molecule has 3 aromatic rings. The summed E-state index contributed by atoms with van der Waals surface area (Å²) in [5.74, 6) is -0.167. The molecule has 4 aliphatic rings. The first-order valence-electron chi connectivity index (χ1n) is 15.0. The van der Waals surface area contributed by atoms with Crippen molar-refractivity contribution in [3.63, 3.8) is 0 Å². The van der Waals surface area contributed by atoms with E-state index in [1.165, 1.54) is 28.7 Å². The Morgan fingerprint density at radius 1 is 1.11 bits per heavy atom. The Morgan fingerprint density at radius 2 is 1.91 bits per heavy atom. The number of esters is 1. The highest BCUT2D eigenvalue weighted by atomic mass is 32.2. The fraction of sp³-hybridized carbons (Fsp3) is 0.452. The number of nitrogens with zero attached hydrogens (tertiary/aromatic N) is 4. The summed E-state index contributed by atoms with van der Waals surface area (Å²) in [7, 11) is -4.07. The first kappa shape index (κ1) is 28.9. The monoisotopic (exact) mass is 625 g/mol. The predicted molar refractivity (Wildman–Crippen MR) is 158 cm³/mol. The van der Waals surface area contributed by atoms with Gasteiger partial charge in [0.25, 0.3) is 5.56 Å². The molecule has 3 fully saturated rings. The van der Waals surface area contributed by atoms with E-state index in [2.05, 4.69) is 10.1 Å². The predicted octanol–water partition coefficient (Wildman–Crippen LogP) is 3.61. The van der Waals surface area contributed by atoms with Crippen molar-refractivity contribution >= 4 is 27.9 Å². The molecule has 10 nitrogen and oxygen atoms in total. The third-order valence-corrected chi connectivity index (χ3v) is 11.3. The average molecular weight is 626 g/mol. The lowest BCUT2D eigenvalue weighted by molar-refractivity contribution is -0.157. The largest absolute Gasteiger partial charge is 0.465 e. The van der Waals surface area contributed by atoms with Gasteiger partial charge in [0.15, 0.2) is 0 Å². The number of anilines is 1. The van der Waals surface area contributed by atoms with Crippen molar-refractivity contribution in [3.8, 4) is 5.69 Å². The first-order valence-corrected chi connectivity index (χ1v) is 16.4. The molecule has 1 N–H and O–H groups in total. The van der Waals surface area contributed by atoms with Crippen LogP contribution in [0.15, 0.2) is 57.9 Å². The zero-order valence-corrected chi connectivity index (χ0v) is 24.9. The lowest BCUT2D eigenvalue weighted by atomic mass is 9.68. The second-order valence-corrected chi connectivity index (χ2v) is 14.2. The van der Waals surface area contributed by atoms with Crippen LogP contribution in [0.2, 0.25) is 0 Å². The number of aromatic nitrogens is 3. The topological polar surface area (TPSA) is 118 Å². The number of hydrogen-bond acceptors (Lipinski definition) is 7. The molecular formula is C31H33F2N5O5S. The number of H-pyrrole nitrogens is 1. The number of ether oxygens (including phenoxy) is 1. The summed E-state index contributed by atoms with van der Waals surface area (Å²) in [4.78, 5) is 33.3. The van der Waals surface area contributed by atoms with E-state index < -0.39 is 39.0 Å². The molecule has 232 valence electrons. The van der Waals surface area contributed by atoms with Crippen LogP contribution in [0.1, 0.15) is 43.4 Å². The second-order valence-electron chi connectivity index (χ2n) is 12.2. The van der Waals surface area contributed by atoms with Gasteiger partial charge in [-0.1, -0.05) is 6.42 Å². The van der Waals surface area contributed by atoms with Gasteiger partial charge in [-0.15, -0.1) is 0 Å². The van der Waals surface area contributed by atoms with Crippen molar-refractivity contribution in [2.75, 3.05) is 37.7 Å². The van der Waals surface area contributed by atoms with Gasteiger partial charge in [0, 0.05) is 37.8 Å². The van der Waals surface area contributed by atoms with Crippen LogP contribution in [0, 0.1) is 17.2 Å². The molecule has 0 amide bonds. The van der Waals surface area contributed by atoms with E-state index in [-0.39, 0.29) is 49.9 Å². The number of alkyl halides is 1. The van der Waals surface area contributed by atoms with Gasteiger partial charge in [0.2, 0.25) is 10.0 Å². The third-order valence-electron chi connectivity index (χ3n) is 9.48. The molecule has 1 aromatic carbocycles. The van der Waals surface area contributed by atoms with Crippen LogP contribution in [0.3, 0.4) is 0 Å². The molecule has 13 heteroatoms. The van der Waals surface area contributed by atoms with E-state index in [1.807, 2.05) is 0 Å². The number of halogens is 2. The molecule has 7 rings (SSSR count). The van der Waals surface area contributed by atoms with E-state index in [9.17, 15) is 26.8 Å². The van der Waals surface area contributed by atoms with Crippen molar-refractivity contribution in [1.82, 2.24) is 19.1 Å². The molecule has 2 saturated heterocycles. The van der Waals surface area contributed by atoms with Gasteiger partial charge < -0.3 is 9.64 Å². The summed E-state index contributed by atoms with van der Waals surface area (Å²) in [5.41, 5.74) is 0.321. The Morgan fingerprint density at radius 3 is 2.57 bits per heavy atom. The van der Waals surface area contributed by atoms with Gasteiger partial charge in [0.05, 0.1) is 24.5 Å². The molecule has 0 spiro atoms. The zero-order chi connectivity index (χ0) is 30.6. The van der Waals surface area contributed by atoms with Crippen molar-refractivity contribution in [1.29, 1.82) is 0 Å². The SMILES string of the molecule is O=C(OCC1CCC1)C12Cc3c(n(-c4ccc(F)cc4)[nH]c3=O)C=C1CCN(S(=O)(=O)c1ccc(N3CC[C@@H](F)C3)nc1)C2. The Balaban J connectivity index is 1.22. The third kappa shape index (κ3) is 4.95. The molecule has 1 saturated carbocycles. The molecular weight excluding hydrogens is 592 g/mol. The number of pyridine rings is 1. The number of carbonyl (C=O) groups excluding carboxylic acids is 1. The van der Waals surface area contributed by atoms with Crippen LogP contribution in [0.25, 0.3) is 11.8 Å². The maximum Gasteiger partial charge on any atom is 0.317 e. The highest BCUT2D eigenvalue weighted by Gasteiger charge is 2.53. The number of aromatic amines is 1. The minimum Gasteiger partial charge on any atom is -0.465 e. The van der Waals surface area contributed by atoms with Gasteiger partial charge in [0.1, 0.15) is 28.1 Å². The van der Waals surface area contributed by atoms with E-state index in [1.54, 1.807) is 33.9 Å². The van der Waals surface area contributed by atoms with Crippen LogP contribution < -0.4 is 10.5 Å². The molecule has 0 bridgehead atoms. The summed E-state index contributed by atoms with van der Waals surface area (Å²) in [5, 5.41) is 2.80. The fourth-order valence-electron chi connectivity index (χ4n) is 6.66.